The first kappa shape index (κ1) is 11.6. The Morgan fingerprint density at radius 1 is 1.62 bits per heavy atom. The van der Waals surface area contributed by atoms with Gasteiger partial charge in [0, 0.05) is 6.04 Å². The lowest BCUT2D eigenvalue weighted by molar-refractivity contribution is 0.0943. The average molecular weight is 283 g/mol. The first-order valence-corrected chi connectivity index (χ1v) is 6.43. The quantitative estimate of drug-likeness (QED) is 0.863. The zero-order valence-corrected chi connectivity index (χ0v) is 10.8. The summed E-state index contributed by atoms with van der Waals surface area (Å²) in [4.78, 5) is 15.9. The van der Waals surface area contributed by atoms with Gasteiger partial charge in [-0.1, -0.05) is 19.4 Å². The lowest BCUT2D eigenvalue weighted by Gasteiger charge is -2.03. The SMILES string of the molecule is CCCC1CC1NC(=O)c1cccc(Br)n1. The van der Waals surface area contributed by atoms with E-state index in [0.29, 0.717) is 22.3 Å². The Balaban J connectivity index is 1.90. The van der Waals surface area contributed by atoms with E-state index < -0.39 is 0 Å². The van der Waals surface area contributed by atoms with E-state index in [4.69, 9.17) is 0 Å². The summed E-state index contributed by atoms with van der Waals surface area (Å²) in [6, 6.07) is 5.74. The van der Waals surface area contributed by atoms with Crippen molar-refractivity contribution in [2.45, 2.75) is 32.2 Å². The Hall–Kier alpha value is -0.900. The lowest BCUT2D eigenvalue weighted by Crippen LogP contribution is -2.27. The smallest absolute Gasteiger partial charge is 0.270 e. The highest BCUT2D eigenvalue weighted by molar-refractivity contribution is 9.10. The van der Waals surface area contributed by atoms with Crippen LogP contribution in [0.3, 0.4) is 0 Å². The number of amides is 1. The van der Waals surface area contributed by atoms with Crippen LogP contribution < -0.4 is 5.32 Å². The van der Waals surface area contributed by atoms with Gasteiger partial charge < -0.3 is 5.32 Å². The van der Waals surface area contributed by atoms with Crippen molar-refractivity contribution in [2.24, 2.45) is 5.92 Å². The Morgan fingerprint density at radius 3 is 3.12 bits per heavy atom. The third kappa shape index (κ3) is 2.82. The fourth-order valence-corrected chi connectivity index (χ4v) is 2.23. The summed E-state index contributed by atoms with van der Waals surface area (Å²) >= 11 is 3.26. The largest absolute Gasteiger partial charge is 0.348 e. The van der Waals surface area contributed by atoms with Gasteiger partial charge in [-0.25, -0.2) is 4.98 Å². The summed E-state index contributed by atoms with van der Waals surface area (Å²) in [5.74, 6) is 0.617. The average Bonchev–Trinajstić information content (AvgIpc) is 2.97. The highest BCUT2D eigenvalue weighted by atomic mass is 79.9. The van der Waals surface area contributed by atoms with Crippen LogP contribution in [0.1, 0.15) is 36.7 Å². The van der Waals surface area contributed by atoms with Crippen molar-refractivity contribution < 1.29 is 4.79 Å². The number of halogens is 1. The number of aromatic nitrogens is 1. The molecule has 3 nitrogen and oxygen atoms in total. The van der Waals surface area contributed by atoms with E-state index in [-0.39, 0.29) is 5.91 Å². The zero-order chi connectivity index (χ0) is 11.5. The number of hydrogen-bond donors (Lipinski definition) is 1. The van der Waals surface area contributed by atoms with E-state index in [1.165, 1.54) is 12.8 Å². The Morgan fingerprint density at radius 2 is 2.44 bits per heavy atom. The van der Waals surface area contributed by atoms with E-state index in [9.17, 15) is 4.79 Å². The van der Waals surface area contributed by atoms with Gasteiger partial charge in [-0.2, -0.15) is 0 Å². The number of pyridine rings is 1. The minimum atomic E-state index is -0.0649. The monoisotopic (exact) mass is 282 g/mol. The van der Waals surface area contributed by atoms with Gasteiger partial charge in [-0.05, 0) is 46.8 Å². The van der Waals surface area contributed by atoms with Crippen LogP contribution in [0.2, 0.25) is 0 Å². The molecule has 0 saturated heterocycles. The molecule has 1 saturated carbocycles. The van der Waals surface area contributed by atoms with Gasteiger partial charge in [0.15, 0.2) is 0 Å². The number of nitrogens with zero attached hydrogens (tertiary/aromatic N) is 1. The molecule has 0 bridgehead atoms. The van der Waals surface area contributed by atoms with Gasteiger partial charge in [-0.3, -0.25) is 4.79 Å². The molecular weight excluding hydrogens is 268 g/mol. The first-order chi connectivity index (χ1) is 7.70. The van der Waals surface area contributed by atoms with Crippen LogP contribution in [-0.2, 0) is 0 Å². The first-order valence-electron chi connectivity index (χ1n) is 5.64. The Kier molecular flexibility index (Phi) is 3.59. The van der Waals surface area contributed by atoms with Gasteiger partial charge in [0.2, 0.25) is 0 Å². The summed E-state index contributed by atoms with van der Waals surface area (Å²) in [5, 5.41) is 3.01. The molecule has 86 valence electrons. The predicted octanol–water partition coefficient (Wildman–Crippen LogP) is 2.76. The van der Waals surface area contributed by atoms with Crippen molar-refractivity contribution in [3.05, 3.63) is 28.5 Å². The Bertz CT molecular complexity index is 394. The van der Waals surface area contributed by atoms with Crippen molar-refractivity contribution in [3.63, 3.8) is 0 Å². The molecule has 0 aliphatic heterocycles. The van der Waals surface area contributed by atoms with E-state index in [2.05, 4.69) is 33.2 Å². The van der Waals surface area contributed by atoms with Crippen molar-refractivity contribution in [1.29, 1.82) is 0 Å². The molecule has 16 heavy (non-hydrogen) atoms. The topological polar surface area (TPSA) is 42.0 Å². The minimum Gasteiger partial charge on any atom is -0.348 e. The number of hydrogen-bond acceptors (Lipinski definition) is 2. The third-order valence-corrected chi connectivity index (χ3v) is 3.29. The number of carbonyl (C=O) groups excluding carboxylic acids is 1. The maximum atomic E-state index is 11.8. The summed E-state index contributed by atoms with van der Waals surface area (Å²) in [6.45, 7) is 2.17. The lowest BCUT2D eigenvalue weighted by atomic mass is 10.2. The van der Waals surface area contributed by atoms with Crippen molar-refractivity contribution in [3.8, 4) is 0 Å². The normalized spacial score (nSPS) is 22.9. The molecule has 4 heteroatoms. The van der Waals surface area contributed by atoms with Crippen molar-refractivity contribution in [1.82, 2.24) is 10.3 Å². The predicted molar refractivity (Wildman–Crippen MR) is 66.2 cm³/mol. The minimum absolute atomic E-state index is 0.0649. The van der Waals surface area contributed by atoms with Crippen LogP contribution >= 0.6 is 15.9 Å². The molecule has 1 aromatic heterocycles. The second kappa shape index (κ2) is 4.95. The summed E-state index contributed by atoms with van der Waals surface area (Å²) in [5.41, 5.74) is 0.483. The molecule has 1 aromatic rings. The summed E-state index contributed by atoms with van der Waals surface area (Å²) in [7, 11) is 0. The van der Waals surface area contributed by atoms with Gasteiger partial charge in [0.25, 0.3) is 5.91 Å². The standard InChI is InChI=1S/C12H15BrN2O/c1-2-4-8-7-10(8)15-12(16)9-5-3-6-11(13)14-9/h3,5-6,8,10H,2,4,7H2,1H3,(H,15,16). The Labute approximate surface area is 104 Å². The molecule has 0 radical (unpaired) electrons. The van der Waals surface area contributed by atoms with E-state index in [1.807, 2.05) is 12.1 Å². The second-order valence-electron chi connectivity index (χ2n) is 4.21. The molecule has 1 N–H and O–H groups in total. The van der Waals surface area contributed by atoms with Crippen LogP contribution in [0.5, 0.6) is 0 Å². The van der Waals surface area contributed by atoms with Crippen LogP contribution in [0.25, 0.3) is 0 Å². The van der Waals surface area contributed by atoms with Crippen LogP contribution in [0.15, 0.2) is 22.8 Å². The molecule has 0 spiro atoms. The second-order valence-corrected chi connectivity index (χ2v) is 5.02. The third-order valence-electron chi connectivity index (χ3n) is 2.85. The molecule has 1 aliphatic carbocycles. The number of rotatable bonds is 4. The zero-order valence-electron chi connectivity index (χ0n) is 9.24. The molecule has 1 heterocycles. The molecular formula is C12H15BrN2O. The highest BCUT2D eigenvalue weighted by Crippen LogP contribution is 2.34. The van der Waals surface area contributed by atoms with E-state index >= 15 is 0 Å². The van der Waals surface area contributed by atoms with Gasteiger partial charge in [0.05, 0.1) is 0 Å². The van der Waals surface area contributed by atoms with Crippen LogP contribution in [0, 0.1) is 5.92 Å². The van der Waals surface area contributed by atoms with Crippen molar-refractivity contribution >= 4 is 21.8 Å². The molecule has 0 aromatic carbocycles. The van der Waals surface area contributed by atoms with Crippen molar-refractivity contribution in [2.75, 3.05) is 0 Å². The van der Waals surface area contributed by atoms with Gasteiger partial charge in [-0.15, -0.1) is 0 Å². The highest BCUT2D eigenvalue weighted by Gasteiger charge is 2.37. The number of carbonyl (C=O) groups is 1. The molecule has 2 atom stereocenters. The fraction of sp³-hybridized carbons (Fsp3) is 0.500. The summed E-state index contributed by atoms with van der Waals surface area (Å²) in [6.07, 6.45) is 3.51. The maximum absolute atomic E-state index is 11.8. The fourth-order valence-electron chi connectivity index (χ4n) is 1.89. The van der Waals surface area contributed by atoms with E-state index in [1.54, 1.807) is 6.07 Å². The van der Waals surface area contributed by atoms with Gasteiger partial charge in [0.1, 0.15) is 10.3 Å². The number of nitrogens with one attached hydrogen (secondary N) is 1. The molecule has 1 amide bonds. The van der Waals surface area contributed by atoms with Crippen LogP contribution in [0.4, 0.5) is 0 Å². The maximum Gasteiger partial charge on any atom is 0.270 e. The summed E-state index contributed by atoms with van der Waals surface area (Å²) < 4.78 is 0.695. The van der Waals surface area contributed by atoms with Crippen LogP contribution in [-0.4, -0.2) is 16.9 Å². The molecule has 2 unspecified atom stereocenters. The molecule has 2 rings (SSSR count). The van der Waals surface area contributed by atoms with Gasteiger partial charge >= 0.3 is 0 Å². The molecule has 1 fully saturated rings. The van der Waals surface area contributed by atoms with E-state index in [0.717, 1.165) is 6.42 Å². The molecule has 1 aliphatic rings.